The minimum Gasteiger partial charge on any atom is -0.493 e. The highest BCUT2D eigenvalue weighted by atomic mass is 16.3. The van der Waals surface area contributed by atoms with Gasteiger partial charge in [-0.1, -0.05) is 0 Å². The van der Waals surface area contributed by atoms with Crippen molar-refractivity contribution in [2.75, 3.05) is 5.32 Å². The van der Waals surface area contributed by atoms with Crippen molar-refractivity contribution >= 4 is 23.6 Å². The van der Waals surface area contributed by atoms with Crippen LogP contribution in [0.15, 0.2) is 16.0 Å². The van der Waals surface area contributed by atoms with Crippen LogP contribution in [0.25, 0.3) is 11.7 Å². The average Bonchev–Trinajstić information content (AvgIpc) is 3.74. The predicted octanol–water partition coefficient (Wildman–Crippen LogP) is 0.0965. The van der Waals surface area contributed by atoms with Crippen molar-refractivity contribution in [1.29, 1.82) is 0 Å². The fourth-order valence-electron chi connectivity index (χ4n) is 4.58. The molecule has 3 aromatic heterocycles. The molecule has 12 heteroatoms. The highest BCUT2D eigenvalue weighted by Gasteiger charge is 2.27. The Balaban J connectivity index is 1.22. The minimum atomic E-state index is -0.494. The van der Waals surface area contributed by atoms with E-state index < -0.39 is 5.69 Å². The molecule has 0 bridgehead atoms. The number of carbonyl (C=O) groups excluding carboxylic acids is 1. The van der Waals surface area contributed by atoms with Crippen molar-refractivity contribution in [2.45, 2.75) is 75.9 Å². The molecule has 35 heavy (non-hydrogen) atoms. The highest BCUT2D eigenvalue weighted by Crippen LogP contribution is 2.32. The number of aromatic hydroxyl groups is 1. The Morgan fingerprint density at radius 2 is 1.89 bits per heavy atom. The van der Waals surface area contributed by atoms with Gasteiger partial charge in [-0.15, -0.1) is 0 Å². The lowest BCUT2D eigenvalue weighted by Crippen LogP contribution is -2.40. The lowest BCUT2D eigenvalue weighted by atomic mass is 9.91. The SMILES string of the molecule is O=C(CC1CC1)NC1CCC(Nc2nc(=NC3CC3)n3ncc(=Cc4[nH]c(=O)[nH]c4O)c3n2)CC1. The molecule has 1 amide bonds. The molecule has 3 aromatic rings. The second-order valence-electron chi connectivity index (χ2n) is 9.94. The normalized spacial score (nSPS) is 23.7. The van der Waals surface area contributed by atoms with Gasteiger partial charge in [0.05, 0.1) is 12.2 Å². The van der Waals surface area contributed by atoms with Crippen LogP contribution >= 0.6 is 0 Å². The molecule has 12 nitrogen and oxygen atoms in total. The largest absolute Gasteiger partial charge is 0.493 e. The van der Waals surface area contributed by atoms with E-state index in [-0.39, 0.29) is 35.6 Å². The number of imidazole rings is 1. The van der Waals surface area contributed by atoms with Crippen LogP contribution in [0.5, 0.6) is 5.88 Å². The molecule has 3 aliphatic carbocycles. The quantitative estimate of drug-likeness (QED) is 0.320. The Hall–Kier alpha value is -3.70. The van der Waals surface area contributed by atoms with Gasteiger partial charge in [-0.25, -0.2) is 9.79 Å². The van der Waals surface area contributed by atoms with E-state index in [2.05, 4.69) is 30.7 Å². The van der Waals surface area contributed by atoms with Crippen LogP contribution < -0.4 is 27.2 Å². The number of H-pyrrole nitrogens is 2. The first kappa shape index (κ1) is 21.8. The van der Waals surface area contributed by atoms with Crippen LogP contribution in [0.3, 0.4) is 0 Å². The van der Waals surface area contributed by atoms with Crippen molar-refractivity contribution in [2.24, 2.45) is 10.9 Å². The summed E-state index contributed by atoms with van der Waals surface area (Å²) in [4.78, 5) is 42.5. The van der Waals surface area contributed by atoms with E-state index in [4.69, 9.17) is 9.98 Å². The van der Waals surface area contributed by atoms with Crippen molar-refractivity contribution in [1.82, 2.24) is 34.9 Å². The molecule has 184 valence electrons. The molecule has 3 heterocycles. The summed E-state index contributed by atoms with van der Waals surface area (Å²) in [5, 5.41) is 21.6. The summed E-state index contributed by atoms with van der Waals surface area (Å²) in [6.45, 7) is 0. The number of aromatic nitrogens is 6. The van der Waals surface area contributed by atoms with E-state index in [9.17, 15) is 14.7 Å². The number of fused-ring (bicyclic) bond motifs is 1. The molecule has 0 unspecified atom stereocenters. The number of aromatic amines is 2. The zero-order valence-corrected chi connectivity index (χ0v) is 19.3. The first-order chi connectivity index (χ1) is 17.0. The third-order valence-electron chi connectivity index (χ3n) is 6.85. The number of anilines is 1. The van der Waals surface area contributed by atoms with Gasteiger partial charge in [0.1, 0.15) is 5.69 Å². The summed E-state index contributed by atoms with van der Waals surface area (Å²) in [6.07, 6.45) is 12.0. The summed E-state index contributed by atoms with van der Waals surface area (Å²) < 4.78 is 1.59. The van der Waals surface area contributed by atoms with Gasteiger partial charge in [-0.3, -0.25) is 9.78 Å². The first-order valence-corrected chi connectivity index (χ1v) is 12.4. The van der Waals surface area contributed by atoms with Crippen LogP contribution in [-0.4, -0.2) is 58.7 Å². The van der Waals surface area contributed by atoms with E-state index >= 15 is 0 Å². The minimum absolute atomic E-state index is 0.184. The molecular weight excluding hydrogens is 450 g/mol. The van der Waals surface area contributed by atoms with E-state index in [1.165, 1.54) is 12.8 Å². The Morgan fingerprint density at radius 3 is 2.57 bits per heavy atom. The highest BCUT2D eigenvalue weighted by molar-refractivity contribution is 5.76. The predicted molar refractivity (Wildman–Crippen MR) is 126 cm³/mol. The van der Waals surface area contributed by atoms with Gasteiger partial charge in [0, 0.05) is 23.7 Å². The van der Waals surface area contributed by atoms with Gasteiger partial charge >= 0.3 is 5.69 Å². The topological polar surface area (TPSA) is 165 Å². The smallest absolute Gasteiger partial charge is 0.326 e. The summed E-state index contributed by atoms with van der Waals surface area (Å²) in [7, 11) is 0. The Bertz CT molecular complexity index is 1420. The van der Waals surface area contributed by atoms with Crippen LogP contribution in [0.1, 0.15) is 63.5 Å². The fraction of sp³-hybridized carbons (Fsp3) is 0.565. The molecule has 3 fully saturated rings. The maximum atomic E-state index is 12.1. The zero-order valence-electron chi connectivity index (χ0n) is 19.3. The van der Waals surface area contributed by atoms with Gasteiger partial charge in [0.2, 0.25) is 17.7 Å². The molecule has 3 saturated carbocycles. The van der Waals surface area contributed by atoms with Crippen molar-refractivity contribution < 1.29 is 9.90 Å². The zero-order chi connectivity index (χ0) is 23.9. The summed E-state index contributed by atoms with van der Waals surface area (Å²) >= 11 is 0. The number of carbonyl (C=O) groups is 1. The Kier molecular flexibility index (Phi) is 5.50. The van der Waals surface area contributed by atoms with E-state index in [1.807, 2.05) is 0 Å². The van der Waals surface area contributed by atoms with Crippen molar-refractivity contribution in [3.8, 4) is 5.88 Å². The van der Waals surface area contributed by atoms with Crippen LogP contribution in [0.2, 0.25) is 0 Å². The molecule has 0 saturated heterocycles. The summed E-state index contributed by atoms with van der Waals surface area (Å²) in [5.41, 5.74) is 0.767. The Morgan fingerprint density at radius 1 is 1.11 bits per heavy atom. The summed E-state index contributed by atoms with van der Waals surface area (Å²) in [5.74, 6) is 1.01. The molecule has 0 atom stereocenters. The van der Waals surface area contributed by atoms with Crippen LogP contribution in [-0.2, 0) is 4.79 Å². The monoisotopic (exact) mass is 479 g/mol. The molecule has 6 rings (SSSR count). The molecule has 0 radical (unpaired) electrons. The van der Waals surface area contributed by atoms with Gasteiger partial charge in [0.25, 0.3) is 5.62 Å². The third kappa shape index (κ3) is 5.05. The fourth-order valence-corrected chi connectivity index (χ4v) is 4.58. The lowest BCUT2D eigenvalue weighted by Gasteiger charge is -2.29. The van der Waals surface area contributed by atoms with Crippen molar-refractivity contribution in [3.63, 3.8) is 0 Å². The van der Waals surface area contributed by atoms with Gasteiger partial charge < -0.3 is 20.7 Å². The van der Waals surface area contributed by atoms with Crippen LogP contribution in [0.4, 0.5) is 5.95 Å². The van der Waals surface area contributed by atoms with E-state index in [0.717, 1.165) is 38.5 Å². The second-order valence-corrected chi connectivity index (χ2v) is 9.94. The number of nitrogens with one attached hydrogen (secondary N) is 4. The number of nitrogens with zero attached hydrogens (tertiary/aromatic N) is 5. The number of rotatable bonds is 7. The average molecular weight is 480 g/mol. The number of hydrogen-bond donors (Lipinski definition) is 5. The van der Waals surface area contributed by atoms with Gasteiger partial charge in [-0.2, -0.15) is 19.6 Å². The molecular formula is C23H29N9O3. The van der Waals surface area contributed by atoms with E-state index in [1.54, 1.807) is 16.8 Å². The van der Waals surface area contributed by atoms with Crippen molar-refractivity contribution in [3.05, 3.63) is 33.2 Å². The Labute approximate surface area is 200 Å². The molecule has 0 aromatic carbocycles. The standard InChI is InChI=1S/C23H29N9O3/c33-18(9-12-1-2-12)25-14-3-5-15(6-4-14)26-21-29-19-13(10-17-20(34)30-23(35)28-17)11-24-32(19)22(31-21)27-16-7-8-16/h10-12,14-16,34H,1-9H2,(H,25,33)(H,26,27,31)(H2,28,30,35). The third-order valence-corrected chi connectivity index (χ3v) is 6.85. The second kappa shape index (κ2) is 8.82. The molecule has 3 aliphatic rings. The molecule has 0 aliphatic heterocycles. The summed E-state index contributed by atoms with van der Waals surface area (Å²) in [6, 6.07) is 0.677. The van der Waals surface area contributed by atoms with Gasteiger partial charge in [0.15, 0.2) is 5.65 Å². The van der Waals surface area contributed by atoms with Gasteiger partial charge in [-0.05, 0) is 63.4 Å². The van der Waals surface area contributed by atoms with Crippen LogP contribution in [0, 0.1) is 5.92 Å². The maximum Gasteiger partial charge on any atom is 0.326 e. The van der Waals surface area contributed by atoms with E-state index in [0.29, 0.717) is 34.8 Å². The molecule has 5 N–H and O–H groups in total. The molecule has 0 spiro atoms. The first-order valence-electron chi connectivity index (χ1n) is 12.4. The maximum absolute atomic E-state index is 12.1. The number of hydrogen-bond acceptors (Lipinski definition) is 8. The lowest BCUT2D eigenvalue weighted by molar-refractivity contribution is -0.122. The number of amides is 1.